The number of carboxylic acids is 1. The van der Waals surface area contributed by atoms with Gasteiger partial charge in [0.25, 0.3) is 5.91 Å². The van der Waals surface area contributed by atoms with Crippen LogP contribution >= 0.6 is 0 Å². The number of aryl methyl sites for hydroxylation is 2. The maximum Gasteiger partial charge on any atom is 0.335 e. The van der Waals surface area contributed by atoms with Gasteiger partial charge in [0.05, 0.1) is 11.1 Å². The summed E-state index contributed by atoms with van der Waals surface area (Å²) in [7, 11) is 0. The maximum absolute atomic E-state index is 12.7. The normalized spacial score (nSPS) is 17.8. The van der Waals surface area contributed by atoms with E-state index in [1.165, 1.54) is 0 Å². The van der Waals surface area contributed by atoms with Crippen molar-refractivity contribution >= 4 is 11.9 Å². The topological polar surface area (TPSA) is 70.8 Å². The standard InChI is InChI=1S/C19H21NO4/c1-12-10-17(13(2)24-12)18(21)20-9-3-4-16(11-20)14-5-7-15(8-6-14)19(22)23/h5-8,10,16H,3-4,9,11H2,1-2H3,(H,22,23)/t16-/m1/s1. The van der Waals surface area contributed by atoms with Crippen LogP contribution in [0.3, 0.4) is 0 Å². The van der Waals surface area contributed by atoms with E-state index < -0.39 is 5.97 Å². The first-order valence-electron chi connectivity index (χ1n) is 8.15. The van der Waals surface area contributed by atoms with Crippen LogP contribution < -0.4 is 0 Å². The van der Waals surface area contributed by atoms with Gasteiger partial charge in [-0.3, -0.25) is 4.79 Å². The van der Waals surface area contributed by atoms with Gasteiger partial charge < -0.3 is 14.4 Å². The molecule has 1 saturated heterocycles. The summed E-state index contributed by atoms with van der Waals surface area (Å²) in [5.74, 6) is 0.724. The van der Waals surface area contributed by atoms with Crippen LogP contribution in [0.1, 0.15) is 56.6 Å². The second-order valence-corrected chi connectivity index (χ2v) is 6.34. The molecule has 0 saturated carbocycles. The number of amides is 1. The zero-order chi connectivity index (χ0) is 17.3. The highest BCUT2D eigenvalue weighted by atomic mass is 16.4. The average Bonchev–Trinajstić information content (AvgIpc) is 2.92. The minimum Gasteiger partial charge on any atom is -0.478 e. The van der Waals surface area contributed by atoms with Gasteiger partial charge in [-0.1, -0.05) is 12.1 Å². The van der Waals surface area contributed by atoms with Crippen LogP contribution in [0.2, 0.25) is 0 Å². The molecule has 0 aliphatic carbocycles. The molecule has 126 valence electrons. The van der Waals surface area contributed by atoms with Crippen molar-refractivity contribution in [1.82, 2.24) is 4.90 Å². The van der Waals surface area contributed by atoms with Crippen molar-refractivity contribution in [3.8, 4) is 0 Å². The van der Waals surface area contributed by atoms with Gasteiger partial charge in [-0.2, -0.15) is 0 Å². The molecule has 1 amide bonds. The van der Waals surface area contributed by atoms with Crippen molar-refractivity contribution in [2.45, 2.75) is 32.6 Å². The Bertz CT molecular complexity index is 760. The third kappa shape index (κ3) is 3.20. The van der Waals surface area contributed by atoms with Gasteiger partial charge in [0, 0.05) is 19.0 Å². The average molecular weight is 327 g/mol. The van der Waals surface area contributed by atoms with Gasteiger partial charge in [0.2, 0.25) is 0 Å². The first-order chi connectivity index (χ1) is 11.5. The van der Waals surface area contributed by atoms with E-state index in [-0.39, 0.29) is 17.4 Å². The number of piperidine rings is 1. The number of likely N-dealkylation sites (tertiary alicyclic amines) is 1. The Morgan fingerprint density at radius 2 is 1.92 bits per heavy atom. The summed E-state index contributed by atoms with van der Waals surface area (Å²) in [5, 5.41) is 8.99. The van der Waals surface area contributed by atoms with E-state index in [0.29, 0.717) is 17.9 Å². The first kappa shape index (κ1) is 16.3. The molecule has 0 unspecified atom stereocenters. The Morgan fingerprint density at radius 3 is 2.50 bits per heavy atom. The van der Waals surface area contributed by atoms with Gasteiger partial charge in [-0.15, -0.1) is 0 Å². The smallest absolute Gasteiger partial charge is 0.335 e. The SMILES string of the molecule is Cc1cc(C(=O)N2CCC[C@@H](c3ccc(C(=O)O)cc3)C2)c(C)o1. The molecule has 1 atom stereocenters. The van der Waals surface area contributed by atoms with E-state index in [9.17, 15) is 9.59 Å². The summed E-state index contributed by atoms with van der Waals surface area (Å²) in [4.78, 5) is 25.6. The van der Waals surface area contributed by atoms with Crippen LogP contribution in [-0.2, 0) is 0 Å². The first-order valence-corrected chi connectivity index (χ1v) is 8.15. The number of carboxylic acid groups (broad SMARTS) is 1. The molecule has 24 heavy (non-hydrogen) atoms. The van der Waals surface area contributed by atoms with Crippen LogP contribution in [0.25, 0.3) is 0 Å². The number of hydrogen-bond acceptors (Lipinski definition) is 3. The molecule has 1 aliphatic heterocycles. The molecule has 1 fully saturated rings. The van der Waals surface area contributed by atoms with E-state index in [4.69, 9.17) is 9.52 Å². The monoisotopic (exact) mass is 327 g/mol. The van der Waals surface area contributed by atoms with Crippen LogP contribution in [0.5, 0.6) is 0 Å². The molecule has 0 radical (unpaired) electrons. The third-order valence-electron chi connectivity index (χ3n) is 4.61. The predicted molar refractivity (Wildman–Crippen MR) is 89.5 cm³/mol. The van der Waals surface area contributed by atoms with Crippen molar-refractivity contribution in [2.75, 3.05) is 13.1 Å². The fourth-order valence-electron chi connectivity index (χ4n) is 3.35. The molecule has 2 heterocycles. The lowest BCUT2D eigenvalue weighted by Crippen LogP contribution is -2.39. The van der Waals surface area contributed by atoms with E-state index in [2.05, 4.69) is 0 Å². The van der Waals surface area contributed by atoms with Gasteiger partial charge in [0.1, 0.15) is 11.5 Å². The zero-order valence-electron chi connectivity index (χ0n) is 13.9. The number of benzene rings is 1. The summed E-state index contributed by atoms with van der Waals surface area (Å²) in [5.41, 5.74) is 2.00. The van der Waals surface area contributed by atoms with Crippen LogP contribution in [0, 0.1) is 13.8 Å². The number of nitrogens with zero attached hydrogens (tertiary/aromatic N) is 1. The van der Waals surface area contributed by atoms with Crippen molar-refractivity contribution in [3.05, 3.63) is 58.5 Å². The lowest BCUT2D eigenvalue weighted by Gasteiger charge is -2.33. The number of hydrogen-bond donors (Lipinski definition) is 1. The Balaban J connectivity index is 1.75. The third-order valence-corrected chi connectivity index (χ3v) is 4.61. The number of furan rings is 1. The van der Waals surface area contributed by atoms with Crippen LogP contribution in [-0.4, -0.2) is 35.0 Å². The number of aromatic carboxylic acids is 1. The summed E-state index contributed by atoms with van der Waals surface area (Å²) in [6.07, 6.45) is 1.94. The predicted octanol–water partition coefficient (Wildman–Crippen LogP) is 3.61. The van der Waals surface area contributed by atoms with Gasteiger partial charge in [0.15, 0.2) is 0 Å². The van der Waals surface area contributed by atoms with Crippen LogP contribution in [0.15, 0.2) is 34.7 Å². The lowest BCUT2D eigenvalue weighted by molar-refractivity contribution is 0.0693. The number of carbonyl (C=O) groups is 2. The minimum absolute atomic E-state index is 0.0104. The van der Waals surface area contributed by atoms with Gasteiger partial charge in [-0.25, -0.2) is 4.79 Å². The molecule has 5 nitrogen and oxygen atoms in total. The Hall–Kier alpha value is -2.56. The molecule has 0 bridgehead atoms. The van der Waals surface area contributed by atoms with Crippen molar-refractivity contribution in [2.24, 2.45) is 0 Å². The molecule has 3 rings (SSSR count). The zero-order valence-corrected chi connectivity index (χ0v) is 13.9. The molecule has 2 aromatic rings. The van der Waals surface area contributed by atoms with Gasteiger partial charge in [-0.05, 0) is 50.5 Å². The summed E-state index contributed by atoms with van der Waals surface area (Å²) in [6.45, 7) is 5.04. The maximum atomic E-state index is 12.7. The van der Waals surface area contributed by atoms with Crippen molar-refractivity contribution in [1.29, 1.82) is 0 Å². The molecule has 1 aromatic carbocycles. The largest absolute Gasteiger partial charge is 0.478 e. The van der Waals surface area contributed by atoms with E-state index in [0.717, 1.165) is 30.7 Å². The highest BCUT2D eigenvalue weighted by Gasteiger charge is 2.27. The Labute approximate surface area is 140 Å². The highest BCUT2D eigenvalue weighted by Crippen LogP contribution is 2.28. The molecule has 1 aliphatic rings. The van der Waals surface area contributed by atoms with E-state index in [1.807, 2.05) is 30.9 Å². The molecule has 0 spiro atoms. The molecule has 5 heteroatoms. The van der Waals surface area contributed by atoms with E-state index in [1.54, 1.807) is 18.2 Å². The number of carbonyl (C=O) groups excluding carboxylic acids is 1. The Kier molecular flexibility index (Phi) is 4.42. The number of rotatable bonds is 3. The summed E-state index contributed by atoms with van der Waals surface area (Å²) < 4.78 is 5.47. The van der Waals surface area contributed by atoms with Crippen molar-refractivity contribution < 1.29 is 19.1 Å². The quantitative estimate of drug-likeness (QED) is 0.935. The fraction of sp³-hybridized carbons (Fsp3) is 0.368. The molecule has 1 N–H and O–H groups in total. The second-order valence-electron chi connectivity index (χ2n) is 6.34. The fourth-order valence-corrected chi connectivity index (χ4v) is 3.35. The Morgan fingerprint density at radius 1 is 1.21 bits per heavy atom. The molecular weight excluding hydrogens is 306 g/mol. The molecular formula is C19H21NO4. The highest BCUT2D eigenvalue weighted by molar-refractivity contribution is 5.95. The lowest BCUT2D eigenvalue weighted by atomic mass is 9.90. The molecule has 1 aromatic heterocycles. The van der Waals surface area contributed by atoms with Crippen LogP contribution in [0.4, 0.5) is 0 Å². The second kappa shape index (κ2) is 6.51. The minimum atomic E-state index is -0.923. The van der Waals surface area contributed by atoms with Crippen molar-refractivity contribution in [3.63, 3.8) is 0 Å². The summed E-state index contributed by atoms with van der Waals surface area (Å²) in [6, 6.07) is 8.76. The van der Waals surface area contributed by atoms with E-state index >= 15 is 0 Å². The summed E-state index contributed by atoms with van der Waals surface area (Å²) >= 11 is 0. The van der Waals surface area contributed by atoms with Gasteiger partial charge >= 0.3 is 5.97 Å².